The molecule has 0 bridgehead atoms. The highest BCUT2D eigenvalue weighted by Crippen LogP contribution is 2.59. The van der Waals surface area contributed by atoms with Crippen molar-refractivity contribution in [3.05, 3.63) is 178 Å². The van der Waals surface area contributed by atoms with E-state index in [1.54, 1.807) is 0 Å². The van der Waals surface area contributed by atoms with Crippen molar-refractivity contribution in [3.63, 3.8) is 0 Å². The minimum Gasteiger partial charge on any atom is -0.0987 e. The molecule has 0 saturated heterocycles. The van der Waals surface area contributed by atoms with Gasteiger partial charge in [-0.05, 0) is 112 Å². The molecular formula is C43H38. The van der Waals surface area contributed by atoms with Crippen molar-refractivity contribution in [1.82, 2.24) is 0 Å². The largest absolute Gasteiger partial charge is 0.0987 e. The van der Waals surface area contributed by atoms with Crippen molar-refractivity contribution in [2.75, 3.05) is 0 Å². The molecule has 0 saturated carbocycles. The van der Waals surface area contributed by atoms with E-state index in [9.17, 15) is 0 Å². The van der Waals surface area contributed by atoms with E-state index in [1.807, 2.05) is 6.08 Å². The predicted octanol–water partition coefficient (Wildman–Crippen LogP) is 11.1. The zero-order valence-electron chi connectivity index (χ0n) is 25.5. The van der Waals surface area contributed by atoms with Gasteiger partial charge in [0.25, 0.3) is 0 Å². The van der Waals surface area contributed by atoms with E-state index < -0.39 is 5.41 Å². The summed E-state index contributed by atoms with van der Waals surface area (Å²) < 4.78 is 0. The van der Waals surface area contributed by atoms with E-state index in [-0.39, 0.29) is 5.41 Å². The lowest BCUT2D eigenvalue weighted by atomic mass is 9.62. The van der Waals surface area contributed by atoms with Crippen LogP contribution in [0.25, 0.3) is 34.9 Å². The van der Waals surface area contributed by atoms with Gasteiger partial charge in [0.1, 0.15) is 0 Å². The monoisotopic (exact) mass is 554 g/mol. The van der Waals surface area contributed by atoms with Crippen molar-refractivity contribution in [1.29, 1.82) is 0 Å². The maximum Gasteiger partial charge on any atom is 0.0447 e. The molecule has 210 valence electrons. The smallest absolute Gasteiger partial charge is 0.0447 e. The van der Waals surface area contributed by atoms with Crippen molar-refractivity contribution in [3.8, 4) is 11.1 Å². The van der Waals surface area contributed by atoms with Crippen LogP contribution in [-0.4, -0.2) is 0 Å². The zero-order chi connectivity index (χ0) is 29.9. The number of allylic oxidation sites excluding steroid dienone is 6. The van der Waals surface area contributed by atoms with Gasteiger partial charge in [0, 0.05) is 10.8 Å². The summed E-state index contributed by atoms with van der Waals surface area (Å²) >= 11 is 0. The van der Waals surface area contributed by atoms with Crippen molar-refractivity contribution >= 4 is 23.8 Å². The third kappa shape index (κ3) is 3.44. The predicted molar refractivity (Wildman–Crippen MR) is 186 cm³/mol. The Hall–Kier alpha value is -4.68. The summed E-state index contributed by atoms with van der Waals surface area (Å²) in [4.78, 5) is 0. The summed E-state index contributed by atoms with van der Waals surface area (Å²) in [6.45, 7) is 20.0. The van der Waals surface area contributed by atoms with Crippen LogP contribution in [0, 0.1) is 0 Å². The van der Waals surface area contributed by atoms with E-state index >= 15 is 0 Å². The van der Waals surface area contributed by atoms with Crippen LogP contribution < -0.4 is 0 Å². The first-order valence-corrected chi connectivity index (χ1v) is 15.4. The molecule has 7 rings (SSSR count). The molecule has 0 fully saturated rings. The van der Waals surface area contributed by atoms with Gasteiger partial charge < -0.3 is 0 Å². The van der Waals surface area contributed by atoms with E-state index in [4.69, 9.17) is 0 Å². The first kappa shape index (κ1) is 27.2. The van der Waals surface area contributed by atoms with Crippen LogP contribution in [0.5, 0.6) is 0 Å². The Balaban J connectivity index is 1.68. The standard InChI is InChI=1S/C43H38/c1-7-19-33-29(9-3)40(42(5)36(10-4)28(8-2)30-20-13-16-25-37(30)42)34-23-11-12-24-35(34)41(33)43(6)38-26-17-14-21-31(38)32-22-15-18-27-39(32)43/h7-11,13-23,25-27H,2-4,12,24H2,1,5-6H3/b19-7-. The second kappa shape index (κ2) is 9.96. The zero-order valence-corrected chi connectivity index (χ0v) is 25.5. The summed E-state index contributed by atoms with van der Waals surface area (Å²) in [5, 5.41) is 0. The molecule has 0 nitrogen and oxygen atoms in total. The lowest BCUT2D eigenvalue weighted by Gasteiger charge is -2.40. The number of hydrogen-bond donors (Lipinski definition) is 0. The van der Waals surface area contributed by atoms with Gasteiger partial charge in [0.05, 0.1) is 0 Å². The lowest BCUT2D eigenvalue weighted by molar-refractivity contribution is 0.675. The quantitative estimate of drug-likeness (QED) is 0.222. The minimum atomic E-state index is -0.418. The van der Waals surface area contributed by atoms with Gasteiger partial charge in [-0.15, -0.1) is 0 Å². The van der Waals surface area contributed by atoms with Crippen molar-refractivity contribution in [2.24, 2.45) is 0 Å². The molecule has 4 aromatic carbocycles. The molecule has 0 N–H and O–H groups in total. The molecule has 0 heteroatoms. The Kier molecular flexibility index (Phi) is 6.29. The number of fused-ring (bicyclic) bond motifs is 5. The summed E-state index contributed by atoms with van der Waals surface area (Å²) in [6.07, 6.45) is 17.5. The van der Waals surface area contributed by atoms with Gasteiger partial charge in [-0.3, -0.25) is 0 Å². The highest BCUT2D eigenvalue weighted by Gasteiger charge is 2.48. The number of rotatable bonds is 6. The average molecular weight is 555 g/mol. The lowest BCUT2D eigenvalue weighted by Crippen LogP contribution is -2.32. The molecular weight excluding hydrogens is 516 g/mol. The maximum absolute atomic E-state index is 4.49. The first-order valence-electron chi connectivity index (χ1n) is 15.4. The molecule has 1 unspecified atom stereocenters. The van der Waals surface area contributed by atoms with Crippen LogP contribution in [-0.2, 0) is 17.3 Å². The van der Waals surface area contributed by atoms with E-state index in [0.29, 0.717) is 0 Å². The molecule has 1 atom stereocenters. The van der Waals surface area contributed by atoms with Crippen LogP contribution in [0.15, 0.2) is 122 Å². The molecule has 0 spiro atoms. The van der Waals surface area contributed by atoms with Gasteiger partial charge in [-0.25, -0.2) is 0 Å². The van der Waals surface area contributed by atoms with Crippen molar-refractivity contribution < 1.29 is 0 Å². The maximum atomic E-state index is 4.49. The molecule has 3 aliphatic rings. The molecule has 0 aliphatic heterocycles. The van der Waals surface area contributed by atoms with Crippen LogP contribution in [0.4, 0.5) is 0 Å². The Bertz CT molecular complexity index is 1910. The van der Waals surface area contributed by atoms with Crippen LogP contribution in [0.1, 0.15) is 82.8 Å². The van der Waals surface area contributed by atoms with Crippen LogP contribution >= 0.6 is 0 Å². The number of hydrogen-bond acceptors (Lipinski definition) is 0. The molecule has 43 heavy (non-hydrogen) atoms. The van der Waals surface area contributed by atoms with Crippen LogP contribution in [0.2, 0.25) is 0 Å². The summed E-state index contributed by atoms with van der Waals surface area (Å²) in [5.74, 6) is 0. The van der Waals surface area contributed by atoms with Crippen LogP contribution in [0.3, 0.4) is 0 Å². The summed E-state index contributed by atoms with van der Waals surface area (Å²) in [5.41, 5.74) is 17.5. The Morgan fingerprint density at radius 3 is 1.79 bits per heavy atom. The molecule has 3 aliphatic carbocycles. The Labute approximate surface area is 256 Å². The fraction of sp³-hybridized carbons (Fsp3) is 0.163. The molecule has 0 radical (unpaired) electrons. The summed E-state index contributed by atoms with van der Waals surface area (Å²) in [7, 11) is 0. The Morgan fingerprint density at radius 2 is 1.23 bits per heavy atom. The van der Waals surface area contributed by atoms with Crippen molar-refractivity contribution in [2.45, 2.75) is 44.4 Å². The molecule has 0 aromatic heterocycles. The third-order valence-corrected chi connectivity index (χ3v) is 10.3. The van der Waals surface area contributed by atoms with Gasteiger partial charge in [-0.1, -0.05) is 135 Å². The van der Waals surface area contributed by atoms with Gasteiger partial charge in [-0.2, -0.15) is 0 Å². The third-order valence-electron chi connectivity index (χ3n) is 10.3. The second-order valence-electron chi connectivity index (χ2n) is 12.2. The first-order chi connectivity index (χ1) is 21.0. The van der Waals surface area contributed by atoms with E-state index in [2.05, 4.69) is 150 Å². The minimum absolute atomic E-state index is 0.314. The Morgan fingerprint density at radius 1 is 0.651 bits per heavy atom. The molecule has 0 amide bonds. The fourth-order valence-corrected chi connectivity index (χ4v) is 8.64. The van der Waals surface area contributed by atoms with E-state index in [1.165, 1.54) is 77.9 Å². The highest BCUT2D eigenvalue weighted by molar-refractivity contribution is 5.93. The fourth-order valence-electron chi connectivity index (χ4n) is 8.64. The molecule has 4 aromatic rings. The molecule has 0 heterocycles. The second-order valence-corrected chi connectivity index (χ2v) is 12.2. The average Bonchev–Trinajstić information content (AvgIpc) is 3.46. The van der Waals surface area contributed by atoms with Gasteiger partial charge >= 0.3 is 0 Å². The van der Waals surface area contributed by atoms with Gasteiger partial charge in [0.15, 0.2) is 0 Å². The SMILES string of the molecule is C=CC1=C(C=C)C(C)(c2c(C=C)c(/C=C\C)c(C3(C)c4ccccc4-c4ccccc43)c3c2C=CCC3)c2ccccc21. The highest BCUT2D eigenvalue weighted by atomic mass is 14.5. The summed E-state index contributed by atoms with van der Waals surface area (Å²) in [6, 6.07) is 26.8. The van der Waals surface area contributed by atoms with Gasteiger partial charge in [0.2, 0.25) is 0 Å². The topological polar surface area (TPSA) is 0 Å². The normalized spacial score (nSPS) is 19.1. The number of benzene rings is 4. The van der Waals surface area contributed by atoms with E-state index in [0.717, 1.165) is 12.8 Å².